The molecule has 1 atom stereocenters. The summed E-state index contributed by atoms with van der Waals surface area (Å²) in [5.74, 6) is -1.11. The van der Waals surface area contributed by atoms with Gasteiger partial charge in [0.1, 0.15) is 11.1 Å². The molecule has 2 aromatic rings. The molecule has 2 aromatic carbocycles. The van der Waals surface area contributed by atoms with E-state index in [4.69, 9.17) is 0 Å². The highest BCUT2D eigenvalue weighted by Gasteiger charge is 2.37. The summed E-state index contributed by atoms with van der Waals surface area (Å²) < 4.78 is 14.7. The Bertz CT molecular complexity index is 873. The van der Waals surface area contributed by atoms with Gasteiger partial charge in [-0.15, -0.1) is 0 Å². The van der Waals surface area contributed by atoms with Crippen molar-refractivity contribution in [2.24, 2.45) is 4.99 Å². The summed E-state index contributed by atoms with van der Waals surface area (Å²) >= 11 is 3.45. The lowest BCUT2D eigenvalue weighted by atomic mass is 10.2. The number of carbonyl (C=O) groups is 2. The Morgan fingerprint density at radius 1 is 1.27 bits per heavy atom. The molecule has 1 aliphatic heterocycles. The van der Waals surface area contributed by atoms with E-state index in [0.717, 1.165) is 9.26 Å². The summed E-state index contributed by atoms with van der Waals surface area (Å²) in [6, 6.07) is 13.5. The molecule has 0 saturated carbocycles. The summed E-state index contributed by atoms with van der Waals surface area (Å²) in [5, 5.41) is 2.47. The molecule has 0 radical (unpaired) electrons. The molecule has 1 N–H and O–H groups in total. The zero-order valence-corrected chi connectivity index (χ0v) is 16.8. The minimum Gasteiger partial charge on any atom is -0.324 e. The van der Waals surface area contributed by atoms with E-state index >= 15 is 0 Å². The van der Waals surface area contributed by atoms with Crippen LogP contribution in [0.2, 0.25) is 0 Å². The van der Waals surface area contributed by atoms with Crippen LogP contribution in [0.1, 0.15) is 6.42 Å². The van der Waals surface area contributed by atoms with Gasteiger partial charge in [-0.3, -0.25) is 14.5 Å². The van der Waals surface area contributed by atoms with Gasteiger partial charge in [0.15, 0.2) is 5.17 Å². The average Bonchev–Trinajstić information content (AvgIpc) is 2.87. The molecule has 0 aromatic heterocycles. The van der Waals surface area contributed by atoms with Crippen LogP contribution in [0.5, 0.6) is 0 Å². The summed E-state index contributed by atoms with van der Waals surface area (Å²) in [5.41, 5.74) is 0.845. The van der Waals surface area contributed by atoms with Gasteiger partial charge >= 0.3 is 0 Å². The van der Waals surface area contributed by atoms with E-state index in [0.29, 0.717) is 5.17 Å². The number of benzene rings is 2. The van der Waals surface area contributed by atoms with Gasteiger partial charge in [0, 0.05) is 17.0 Å². The van der Waals surface area contributed by atoms with Crippen LogP contribution in [0, 0.1) is 9.39 Å². The van der Waals surface area contributed by atoms with Crippen molar-refractivity contribution in [3.8, 4) is 0 Å². The number of carbonyl (C=O) groups excluding carboxylic acids is 2. The number of amides is 2. The quantitative estimate of drug-likeness (QED) is 0.669. The van der Waals surface area contributed by atoms with Crippen LogP contribution >= 0.6 is 34.4 Å². The topological polar surface area (TPSA) is 61.8 Å². The number of para-hydroxylation sites is 1. The highest BCUT2D eigenvalue weighted by atomic mass is 127. The van der Waals surface area contributed by atoms with Crippen LogP contribution in [0.3, 0.4) is 0 Å². The van der Waals surface area contributed by atoms with Crippen LogP contribution in [0.15, 0.2) is 53.5 Å². The summed E-state index contributed by atoms with van der Waals surface area (Å²) in [4.78, 5) is 30.5. The maximum atomic E-state index is 13.6. The Morgan fingerprint density at radius 2 is 1.96 bits per heavy atom. The van der Waals surface area contributed by atoms with Gasteiger partial charge in [0.05, 0.1) is 11.4 Å². The van der Waals surface area contributed by atoms with Gasteiger partial charge in [-0.05, 0) is 59.0 Å². The van der Waals surface area contributed by atoms with Crippen LogP contribution in [0.25, 0.3) is 0 Å². The molecule has 134 valence electrons. The highest BCUT2D eigenvalue weighted by molar-refractivity contribution is 14.1. The third kappa shape index (κ3) is 4.42. The number of halogens is 2. The third-order valence-electron chi connectivity index (χ3n) is 3.71. The number of amidine groups is 1. The number of rotatable bonds is 4. The standard InChI is InChI=1S/C18H15FIN3O2S/c1-23-17(25)15(10-16(24)22-14-5-3-2-4-13(14)19)26-18(23)21-12-8-6-11(20)7-9-12/h2-9,15H,10H2,1H3,(H,22,24). The molecule has 1 saturated heterocycles. The lowest BCUT2D eigenvalue weighted by molar-refractivity contribution is -0.127. The van der Waals surface area contributed by atoms with Gasteiger partial charge in [-0.25, -0.2) is 9.38 Å². The maximum absolute atomic E-state index is 13.6. The number of nitrogens with one attached hydrogen (secondary N) is 1. The second-order valence-electron chi connectivity index (χ2n) is 5.61. The van der Waals surface area contributed by atoms with Crippen molar-refractivity contribution in [2.75, 3.05) is 12.4 Å². The molecule has 1 heterocycles. The molecule has 2 amide bonds. The number of anilines is 1. The Kier molecular flexibility index (Phi) is 5.92. The van der Waals surface area contributed by atoms with E-state index < -0.39 is 17.0 Å². The largest absolute Gasteiger partial charge is 0.324 e. The monoisotopic (exact) mass is 483 g/mol. The van der Waals surface area contributed by atoms with E-state index in [1.54, 1.807) is 19.2 Å². The molecule has 26 heavy (non-hydrogen) atoms. The van der Waals surface area contributed by atoms with Crippen molar-refractivity contribution in [1.29, 1.82) is 0 Å². The Hall–Kier alpha value is -1.94. The second kappa shape index (κ2) is 8.17. The normalized spacial score (nSPS) is 18.4. The van der Waals surface area contributed by atoms with Gasteiger partial charge in [0.2, 0.25) is 11.8 Å². The smallest absolute Gasteiger partial charge is 0.242 e. The number of hydrogen-bond acceptors (Lipinski definition) is 4. The van der Waals surface area contributed by atoms with Gasteiger partial charge in [0.25, 0.3) is 0 Å². The van der Waals surface area contributed by atoms with Crippen LogP contribution in [-0.4, -0.2) is 34.2 Å². The van der Waals surface area contributed by atoms with Gasteiger partial charge in [-0.2, -0.15) is 0 Å². The molecule has 5 nitrogen and oxygen atoms in total. The maximum Gasteiger partial charge on any atom is 0.242 e. The first-order valence-electron chi connectivity index (χ1n) is 7.77. The van der Waals surface area contributed by atoms with Crippen LogP contribution in [0.4, 0.5) is 15.8 Å². The Balaban J connectivity index is 1.67. The fourth-order valence-electron chi connectivity index (χ4n) is 2.36. The first kappa shape index (κ1) is 18.8. The zero-order valence-electron chi connectivity index (χ0n) is 13.8. The molecular weight excluding hydrogens is 468 g/mol. The summed E-state index contributed by atoms with van der Waals surface area (Å²) in [6.07, 6.45) is -0.0477. The van der Waals surface area contributed by atoms with Crippen molar-refractivity contribution in [2.45, 2.75) is 11.7 Å². The van der Waals surface area contributed by atoms with Gasteiger partial charge in [-0.1, -0.05) is 23.9 Å². The molecule has 8 heteroatoms. The molecule has 1 fully saturated rings. The lowest BCUT2D eigenvalue weighted by Crippen LogP contribution is -2.30. The van der Waals surface area contributed by atoms with Crippen molar-refractivity contribution < 1.29 is 14.0 Å². The number of thioether (sulfide) groups is 1. The minimum absolute atomic E-state index is 0.0477. The molecule has 0 aliphatic carbocycles. The number of hydrogen-bond donors (Lipinski definition) is 1. The SMILES string of the molecule is CN1C(=O)C(CC(=O)Nc2ccccc2F)SC1=Nc1ccc(I)cc1. The molecule has 1 aliphatic rings. The van der Waals surface area contributed by atoms with Crippen LogP contribution in [-0.2, 0) is 9.59 Å². The van der Waals surface area contributed by atoms with E-state index in [1.807, 2.05) is 24.3 Å². The molecule has 3 rings (SSSR count). The fourth-order valence-corrected chi connectivity index (χ4v) is 3.87. The molecule has 0 bridgehead atoms. The van der Waals surface area contributed by atoms with E-state index in [1.165, 1.54) is 28.8 Å². The summed E-state index contributed by atoms with van der Waals surface area (Å²) in [6.45, 7) is 0. The predicted molar refractivity (Wildman–Crippen MR) is 110 cm³/mol. The average molecular weight is 483 g/mol. The first-order chi connectivity index (χ1) is 12.4. The molecule has 0 spiro atoms. The van der Waals surface area contributed by atoms with Crippen molar-refractivity contribution in [3.05, 3.63) is 57.9 Å². The molecular formula is C18H15FIN3O2S. The Morgan fingerprint density at radius 3 is 2.65 bits per heavy atom. The van der Waals surface area contributed by atoms with Gasteiger partial charge < -0.3 is 5.32 Å². The fraction of sp³-hybridized carbons (Fsp3) is 0.167. The van der Waals surface area contributed by atoms with Crippen molar-refractivity contribution >= 4 is 62.7 Å². The summed E-state index contributed by atoms with van der Waals surface area (Å²) in [7, 11) is 1.63. The third-order valence-corrected chi connectivity index (χ3v) is 5.66. The van der Waals surface area contributed by atoms with E-state index in [2.05, 4.69) is 32.9 Å². The lowest BCUT2D eigenvalue weighted by Gasteiger charge is -2.09. The predicted octanol–water partition coefficient (Wildman–Crippen LogP) is 4.02. The number of aliphatic imine (C=N–C) groups is 1. The first-order valence-corrected chi connectivity index (χ1v) is 9.73. The van der Waals surface area contributed by atoms with E-state index in [-0.39, 0.29) is 18.0 Å². The molecule has 1 unspecified atom stereocenters. The van der Waals surface area contributed by atoms with Crippen molar-refractivity contribution in [1.82, 2.24) is 4.90 Å². The van der Waals surface area contributed by atoms with Crippen LogP contribution < -0.4 is 5.32 Å². The second-order valence-corrected chi connectivity index (χ2v) is 8.02. The van der Waals surface area contributed by atoms with E-state index in [9.17, 15) is 14.0 Å². The van der Waals surface area contributed by atoms with Crippen molar-refractivity contribution in [3.63, 3.8) is 0 Å². The Labute approximate surface area is 168 Å². The minimum atomic E-state index is -0.575. The highest BCUT2D eigenvalue weighted by Crippen LogP contribution is 2.31. The zero-order chi connectivity index (χ0) is 18.7. The number of nitrogens with zero attached hydrogens (tertiary/aromatic N) is 2.